The Morgan fingerprint density at radius 2 is 1.96 bits per heavy atom. The number of carbonyl (C=O) groups is 2. The summed E-state index contributed by atoms with van der Waals surface area (Å²) in [7, 11) is -3.36. The van der Waals surface area contributed by atoms with Gasteiger partial charge in [-0.25, -0.2) is 8.42 Å². The van der Waals surface area contributed by atoms with E-state index in [2.05, 4.69) is 5.32 Å². The summed E-state index contributed by atoms with van der Waals surface area (Å²) in [5, 5.41) is 11.9. The molecule has 1 amide bonds. The van der Waals surface area contributed by atoms with Gasteiger partial charge in [-0.1, -0.05) is 19.9 Å². The third-order valence-corrected chi connectivity index (χ3v) is 6.16. The molecule has 1 fully saturated rings. The fourth-order valence-corrected chi connectivity index (χ4v) is 4.53. The van der Waals surface area contributed by atoms with E-state index in [1.54, 1.807) is 32.0 Å². The fraction of sp³-hybridized carbons (Fsp3) is 0.500. The first-order valence-corrected chi connectivity index (χ1v) is 9.52. The molecular weight excluding hydrogens is 332 g/mol. The topological polar surface area (TPSA) is 104 Å². The summed E-state index contributed by atoms with van der Waals surface area (Å²) in [6.45, 7) is 3.90. The van der Waals surface area contributed by atoms with E-state index >= 15 is 0 Å². The van der Waals surface area contributed by atoms with Gasteiger partial charge in [-0.15, -0.1) is 0 Å². The molecule has 1 aliphatic heterocycles. The van der Waals surface area contributed by atoms with E-state index in [9.17, 15) is 23.1 Å². The maximum absolute atomic E-state index is 12.4. The molecule has 1 aliphatic carbocycles. The van der Waals surface area contributed by atoms with E-state index < -0.39 is 33.2 Å². The van der Waals surface area contributed by atoms with Crippen molar-refractivity contribution in [1.82, 2.24) is 0 Å². The number of rotatable bonds is 4. The maximum Gasteiger partial charge on any atom is 0.307 e. The normalized spacial score (nSPS) is 24.4. The predicted octanol–water partition coefficient (Wildman–Crippen LogP) is 1.30. The van der Waals surface area contributed by atoms with Crippen molar-refractivity contribution in [2.45, 2.75) is 20.3 Å². The number of amides is 1. The van der Waals surface area contributed by atoms with Crippen LogP contribution < -0.4 is 9.62 Å². The van der Waals surface area contributed by atoms with E-state index in [0.29, 0.717) is 24.3 Å². The van der Waals surface area contributed by atoms with Crippen LogP contribution in [0.2, 0.25) is 0 Å². The minimum absolute atomic E-state index is 0.351. The first-order chi connectivity index (χ1) is 11.0. The number of aliphatic carboxylic acids is 1. The second-order valence-corrected chi connectivity index (χ2v) is 8.94. The molecule has 0 saturated heterocycles. The van der Waals surface area contributed by atoms with E-state index in [4.69, 9.17) is 0 Å². The lowest BCUT2D eigenvalue weighted by Gasteiger charge is -2.17. The Labute approximate surface area is 140 Å². The number of benzene rings is 1. The summed E-state index contributed by atoms with van der Waals surface area (Å²) in [5.74, 6) is -2.61. The Bertz CT molecular complexity index is 831. The molecular formula is C16H20N2O5S. The number of hydrogen-bond donors (Lipinski definition) is 2. The van der Waals surface area contributed by atoms with E-state index in [-0.39, 0.29) is 5.91 Å². The highest BCUT2D eigenvalue weighted by atomic mass is 32.2. The van der Waals surface area contributed by atoms with Gasteiger partial charge in [0.25, 0.3) is 0 Å². The van der Waals surface area contributed by atoms with Gasteiger partial charge in [0.05, 0.1) is 23.8 Å². The molecule has 2 N–H and O–H groups in total. The molecule has 3 rings (SSSR count). The van der Waals surface area contributed by atoms with Crippen LogP contribution in [0.4, 0.5) is 11.4 Å². The molecule has 24 heavy (non-hydrogen) atoms. The number of sulfonamides is 1. The summed E-state index contributed by atoms with van der Waals surface area (Å²) in [6.07, 6.45) is 1.78. The first-order valence-electron chi connectivity index (χ1n) is 7.68. The summed E-state index contributed by atoms with van der Waals surface area (Å²) >= 11 is 0. The van der Waals surface area contributed by atoms with Crippen LogP contribution in [0.3, 0.4) is 0 Å². The molecule has 0 radical (unpaired) electrons. The predicted molar refractivity (Wildman–Crippen MR) is 89.4 cm³/mol. The van der Waals surface area contributed by atoms with Crippen LogP contribution in [0, 0.1) is 17.3 Å². The maximum atomic E-state index is 12.4. The molecule has 1 aromatic rings. The average molecular weight is 352 g/mol. The molecule has 1 aromatic carbocycles. The molecule has 0 unspecified atom stereocenters. The van der Waals surface area contributed by atoms with Gasteiger partial charge in [-0.2, -0.15) is 0 Å². The van der Waals surface area contributed by atoms with Crippen molar-refractivity contribution < 1.29 is 23.1 Å². The van der Waals surface area contributed by atoms with E-state index in [1.807, 2.05) is 0 Å². The first kappa shape index (κ1) is 16.8. The van der Waals surface area contributed by atoms with Gasteiger partial charge < -0.3 is 10.4 Å². The van der Waals surface area contributed by atoms with Gasteiger partial charge in [0.15, 0.2) is 0 Å². The van der Waals surface area contributed by atoms with E-state index in [1.165, 1.54) is 4.31 Å². The summed E-state index contributed by atoms with van der Waals surface area (Å²) in [4.78, 5) is 23.6. The largest absolute Gasteiger partial charge is 0.481 e. The number of hydrogen-bond acceptors (Lipinski definition) is 4. The minimum Gasteiger partial charge on any atom is -0.481 e. The Morgan fingerprint density at radius 1 is 1.29 bits per heavy atom. The van der Waals surface area contributed by atoms with Gasteiger partial charge in [0, 0.05) is 12.2 Å². The molecule has 2 atom stereocenters. The van der Waals surface area contributed by atoms with Crippen molar-refractivity contribution in [2.24, 2.45) is 17.3 Å². The molecule has 0 aromatic heterocycles. The lowest BCUT2D eigenvalue weighted by atomic mass is 10.1. The highest BCUT2D eigenvalue weighted by Gasteiger charge is 2.65. The summed E-state index contributed by atoms with van der Waals surface area (Å²) in [6, 6.07) is 5.14. The van der Waals surface area contributed by atoms with Crippen LogP contribution >= 0.6 is 0 Å². The van der Waals surface area contributed by atoms with Crippen molar-refractivity contribution in [3.8, 4) is 0 Å². The third kappa shape index (κ3) is 2.64. The van der Waals surface area contributed by atoms with Crippen LogP contribution in [-0.2, 0) is 26.0 Å². The summed E-state index contributed by atoms with van der Waals surface area (Å²) in [5.41, 5.74) is 1.38. The van der Waals surface area contributed by atoms with Crippen LogP contribution in [0.5, 0.6) is 0 Å². The van der Waals surface area contributed by atoms with Crippen molar-refractivity contribution in [3.63, 3.8) is 0 Å². The molecule has 1 saturated carbocycles. The molecule has 7 nitrogen and oxygen atoms in total. The van der Waals surface area contributed by atoms with Crippen LogP contribution in [0.15, 0.2) is 18.2 Å². The lowest BCUT2D eigenvalue weighted by molar-refractivity contribution is -0.140. The number of anilines is 2. The SMILES string of the molecule is CC1(C)[C@H](C(=O)O)[C@@H]1C(=O)Nc1ccc2c(c1)N(S(C)(=O)=O)CC2. The van der Waals surface area contributed by atoms with E-state index in [0.717, 1.165) is 11.8 Å². The van der Waals surface area contributed by atoms with Crippen molar-refractivity contribution in [3.05, 3.63) is 23.8 Å². The lowest BCUT2D eigenvalue weighted by Crippen LogP contribution is -2.27. The number of nitrogens with one attached hydrogen (secondary N) is 1. The van der Waals surface area contributed by atoms with Crippen molar-refractivity contribution in [2.75, 3.05) is 22.4 Å². The van der Waals surface area contributed by atoms with Gasteiger partial charge >= 0.3 is 5.97 Å². The average Bonchev–Trinajstić information content (AvgIpc) is 2.82. The fourth-order valence-electron chi connectivity index (χ4n) is 3.58. The highest BCUT2D eigenvalue weighted by Crippen LogP contribution is 2.58. The second kappa shape index (κ2) is 5.20. The summed E-state index contributed by atoms with van der Waals surface area (Å²) < 4.78 is 25.0. The zero-order valence-corrected chi connectivity index (χ0v) is 14.6. The zero-order valence-electron chi connectivity index (χ0n) is 13.7. The van der Waals surface area contributed by atoms with Crippen LogP contribution in [0.25, 0.3) is 0 Å². The molecule has 0 spiro atoms. The molecule has 0 bridgehead atoms. The quantitative estimate of drug-likeness (QED) is 0.850. The van der Waals surface area contributed by atoms with Gasteiger partial charge in [0.1, 0.15) is 0 Å². The Hall–Kier alpha value is -2.09. The van der Waals surface area contributed by atoms with Crippen molar-refractivity contribution in [1.29, 1.82) is 0 Å². The zero-order chi connectivity index (χ0) is 17.9. The van der Waals surface area contributed by atoms with Crippen LogP contribution in [0.1, 0.15) is 19.4 Å². The van der Waals surface area contributed by atoms with Crippen molar-refractivity contribution >= 4 is 33.3 Å². The van der Waals surface area contributed by atoms with Gasteiger partial charge in [0.2, 0.25) is 15.9 Å². The number of nitrogens with zero attached hydrogens (tertiary/aromatic N) is 1. The third-order valence-electron chi connectivity index (χ3n) is 4.98. The van der Waals surface area contributed by atoms with Gasteiger partial charge in [-0.05, 0) is 29.5 Å². The molecule has 130 valence electrons. The Balaban J connectivity index is 1.81. The number of carbonyl (C=O) groups excluding carboxylic acids is 1. The highest BCUT2D eigenvalue weighted by molar-refractivity contribution is 7.92. The van der Waals surface area contributed by atoms with Crippen LogP contribution in [-0.4, -0.2) is 38.2 Å². The molecule has 2 aliphatic rings. The Morgan fingerprint density at radius 3 is 2.50 bits per heavy atom. The number of carboxylic acid groups (broad SMARTS) is 1. The molecule has 1 heterocycles. The number of carboxylic acids is 1. The minimum atomic E-state index is -3.36. The second-order valence-electron chi connectivity index (χ2n) is 7.03. The smallest absolute Gasteiger partial charge is 0.307 e. The monoisotopic (exact) mass is 352 g/mol. The standard InChI is InChI=1S/C16H20N2O5S/c1-16(2)12(13(16)15(20)21)14(19)17-10-5-4-9-6-7-18(11(9)8-10)24(3,22)23/h4-5,8,12-13H,6-7H2,1-3H3,(H,17,19)(H,20,21)/t12-,13+/m1/s1. The molecule has 8 heteroatoms. The van der Waals surface area contributed by atoms with Gasteiger partial charge in [-0.3, -0.25) is 13.9 Å². The Kier molecular flexibility index (Phi) is 3.63. The number of fused-ring (bicyclic) bond motifs is 1.